The highest BCUT2D eigenvalue weighted by molar-refractivity contribution is 6.30. The fraction of sp³-hybridized carbons (Fsp3) is 0.429. The summed E-state index contributed by atoms with van der Waals surface area (Å²) >= 11 is 6.14. The molecule has 1 fully saturated rings. The lowest BCUT2D eigenvalue weighted by molar-refractivity contribution is 0.0779. The number of ether oxygens (including phenoxy) is 3. The van der Waals surface area contributed by atoms with Crippen molar-refractivity contribution in [2.75, 3.05) is 20.3 Å². The van der Waals surface area contributed by atoms with Gasteiger partial charge in [0.05, 0.1) is 36.7 Å². The number of hydrogen-bond donors (Lipinski definition) is 1. The van der Waals surface area contributed by atoms with E-state index in [9.17, 15) is 4.79 Å². The van der Waals surface area contributed by atoms with Gasteiger partial charge in [0.2, 0.25) is 5.88 Å². The van der Waals surface area contributed by atoms with Crippen LogP contribution >= 0.6 is 11.6 Å². The summed E-state index contributed by atoms with van der Waals surface area (Å²) in [5.41, 5.74) is 1.95. The molecule has 1 aliphatic rings. The second-order valence-corrected chi connectivity index (χ2v) is 10.6. The highest BCUT2D eigenvalue weighted by atomic mass is 35.5. The number of methoxy groups -OCH3 is 1. The van der Waals surface area contributed by atoms with Crippen LogP contribution in [0.25, 0.3) is 5.69 Å². The molecule has 2 heterocycles. The van der Waals surface area contributed by atoms with Crippen molar-refractivity contribution in [2.45, 2.75) is 58.7 Å². The second kappa shape index (κ2) is 11.4. The van der Waals surface area contributed by atoms with Gasteiger partial charge in [-0.25, -0.2) is 9.48 Å². The molecule has 3 aromatic rings. The third kappa shape index (κ3) is 6.76. The van der Waals surface area contributed by atoms with Gasteiger partial charge in [0.1, 0.15) is 0 Å². The van der Waals surface area contributed by atoms with Crippen LogP contribution in [-0.2, 0) is 11.3 Å². The molecule has 1 aromatic heterocycles. The molecule has 8 nitrogen and oxygen atoms in total. The third-order valence-electron chi connectivity index (χ3n) is 6.05. The van der Waals surface area contributed by atoms with Gasteiger partial charge in [-0.05, 0) is 76.9 Å². The van der Waals surface area contributed by atoms with Crippen LogP contribution in [0.5, 0.6) is 17.4 Å². The SMILES string of the molecule is COc1ccccc1Oc1c(CN(C[C@H]2CCCO2)C(=O)NC(C)(C)C)c(C)nn1-c1ccc(Cl)cc1. The maximum absolute atomic E-state index is 13.4. The molecule has 1 atom stereocenters. The molecule has 37 heavy (non-hydrogen) atoms. The number of halogens is 1. The lowest BCUT2D eigenvalue weighted by atomic mass is 10.1. The first kappa shape index (κ1) is 26.8. The van der Waals surface area contributed by atoms with Crippen molar-refractivity contribution in [1.82, 2.24) is 20.0 Å². The number of carbonyl (C=O) groups excluding carboxylic acids is 1. The number of aryl methyl sites for hydroxylation is 1. The van der Waals surface area contributed by atoms with E-state index in [0.29, 0.717) is 35.5 Å². The Bertz CT molecular complexity index is 1210. The van der Waals surface area contributed by atoms with Gasteiger partial charge in [-0.1, -0.05) is 23.7 Å². The van der Waals surface area contributed by atoms with Gasteiger partial charge in [0, 0.05) is 23.7 Å². The molecule has 0 aliphatic carbocycles. The standard InChI is InChI=1S/C28H35ClN4O4/c1-19-23(18-32(17-22-9-8-16-36-22)27(34)30-28(2,3)4)26(37-25-11-7-6-10-24(25)35-5)33(31-19)21-14-12-20(29)13-15-21/h6-7,10-15,22H,8-9,16-18H2,1-5H3,(H,30,34)/t22-/m1/s1. The first-order chi connectivity index (χ1) is 17.6. The minimum Gasteiger partial charge on any atom is -0.493 e. The van der Waals surface area contributed by atoms with Crippen LogP contribution in [0.1, 0.15) is 44.9 Å². The summed E-state index contributed by atoms with van der Waals surface area (Å²) in [5.74, 6) is 1.65. The fourth-order valence-electron chi connectivity index (χ4n) is 4.23. The topological polar surface area (TPSA) is 77.8 Å². The first-order valence-corrected chi connectivity index (χ1v) is 12.9. The molecule has 1 saturated heterocycles. The number of nitrogens with one attached hydrogen (secondary N) is 1. The number of urea groups is 1. The molecule has 0 spiro atoms. The lowest BCUT2D eigenvalue weighted by Gasteiger charge is -2.30. The molecule has 0 bridgehead atoms. The van der Waals surface area contributed by atoms with Gasteiger partial charge in [-0.3, -0.25) is 0 Å². The Balaban J connectivity index is 1.76. The Morgan fingerprint density at radius 1 is 1.19 bits per heavy atom. The average molecular weight is 527 g/mol. The van der Waals surface area contributed by atoms with E-state index < -0.39 is 0 Å². The molecule has 0 unspecified atom stereocenters. The van der Waals surface area contributed by atoms with Crippen molar-refractivity contribution >= 4 is 17.6 Å². The van der Waals surface area contributed by atoms with E-state index in [0.717, 1.165) is 36.4 Å². The van der Waals surface area contributed by atoms with Crippen molar-refractivity contribution in [3.63, 3.8) is 0 Å². The van der Waals surface area contributed by atoms with Crippen LogP contribution in [0, 0.1) is 6.92 Å². The summed E-state index contributed by atoms with van der Waals surface area (Å²) in [6.45, 7) is 9.31. The number of nitrogens with zero attached hydrogens (tertiary/aromatic N) is 3. The number of aromatic nitrogens is 2. The number of carbonyl (C=O) groups is 1. The van der Waals surface area contributed by atoms with Crippen molar-refractivity contribution in [2.24, 2.45) is 0 Å². The summed E-state index contributed by atoms with van der Waals surface area (Å²) < 4.78 is 19.6. The number of rotatable bonds is 8. The normalized spacial score (nSPS) is 15.5. The van der Waals surface area contributed by atoms with Gasteiger partial charge in [0.15, 0.2) is 11.5 Å². The quantitative estimate of drug-likeness (QED) is 0.382. The monoisotopic (exact) mass is 526 g/mol. The molecular formula is C28H35ClN4O4. The zero-order valence-corrected chi connectivity index (χ0v) is 22.8. The van der Waals surface area contributed by atoms with Gasteiger partial charge in [-0.15, -0.1) is 0 Å². The van der Waals surface area contributed by atoms with E-state index >= 15 is 0 Å². The zero-order chi connectivity index (χ0) is 26.6. The fourth-order valence-corrected chi connectivity index (χ4v) is 4.36. The van der Waals surface area contributed by atoms with E-state index in [1.165, 1.54) is 0 Å². The summed E-state index contributed by atoms with van der Waals surface area (Å²) in [6, 6.07) is 14.7. The predicted octanol–water partition coefficient (Wildman–Crippen LogP) is 6.12. The van der Waals surface area contributed by atoms with Gasteiger partial charge >= 0.3 is 6.03 Å². The second-order valence-electron chi connectivity index (χ2n) is 10.2. The number of benzene rings is 2. The molecular weight excluding hydrogens is 492 g/mol. The van der Waals surface area contributed by atoms with Crippen LogP contribution < -0.4 is 14.8 Å². The van der Waals surface area contributed by atoms with E-state index in [1.807, 2.05) is 64.1 Å². The van der Waals surface area contributed by atoms with Crippen molar-refractivity contribution in [3.05, 3.63) is 64.8 Å². The molecule has 2 aromatic carbocycles. The smallest absolute Gasteiger partial charge is 0.318 e. The number of hydrogen-bond acceptors (Lipinski definition) is 5. The Morgan fingerprint density at radius 3 is 2.51 bits per heavy atom. The van der Waals surface area contributed by atoms with Crippen molar-refractivity contribution in [1.29, 1.82) is 0 Å². The van der Waals surface area contributed by atoms with Crippen molar-refractivity contribution < 1.29 is 19.0 Å². The molecule has 4 rings (SSSR count). The predicted molar refractivity (Wildman–Crippen MR) is 144 cm³/mol. The molecule has 1 N–H and O–H groups in total. The third-order valence-corrected chi connectivity index (χ3v) is 6.30. The largest absolute Gasteiger partial charge is 0.493 e. The number of amides is 2. The van der Waals surface area contributed by atoms with Crippen LogP contribution in [0.3, 0.4) is 0 Å². The van der Waals surface area contributed by atoms with Crippen molar-refractivity contribution in [3.8, 4) is 23.1 Å². The highest BCUT2D eigenvalue weighted by Gasteiger charge is 2.29. The Kier molecular flexibility index (Phi) is 8.29. The molecule has 198 valence electrons. The van der Waals surface area contributed by atoms with Gasteiger partial charge in [-0.2, -0.15) is 5.10 Å². The zero-order valence-electron chi connectivity index (χ0n) is 22.1. The van der Waals surface area contributed by atoms with Crippen LogP contribution in [-0.4, -0.2) is 52.6 Å². The van der Waals surface area contributed by atoms with Gasteiger partial charge in [0.25, 0.3) is 0 Å². The Labute approximate surface area is 223 Å². The summed E-state index contributed by atoms with van der Waals surface area (Å²) in [7, 11) is 1.60. The highest BCUT2D eigenvalue weighted by Crippen LogP contribution is 2.36. The molecule has 1 aliphatic heterocycles. The van der Waals surface area contributed by atoms with E-state index in [1.54, 1.807) is 28.8 Å². The minimum atomic E-state index is -0.384. The summed E-state index contributed by atoms with van der Waals surface area (Å²) in [5, 5.41) is 8.52. The average Bonchev–Trinajstić information content (AvgIpc) is 3.47. The molecule has 0 saturated carbocycles. The van der Waals surface area contributed by atoms with Crippen LogP contribution in [0.4, 0.5) is 4.79 Å². The summed E-state index contributed by atoms with van der Waals surface area (Å²) in [4.78, 5) is 15.2. The molecule has 0 radical (unpaired) electrons. The lowest BCUT2D eigenvalue weighted by Crippen LogP contribution is -2.50. The molecule has 9 heteroatoms. The Hall–Kier alpha value is -3.23. The maximum Gasteiger partial charge on any atom is 0.318 e. The van der Waals surface area contributed by atoms with E-state index in [2.05, 4.69) is 5.32 Å². The van der Waals surface area contributed by atoms with E-state index in [-0.39, 0.29) is 17.7 Å². The van der Waals surface area contributed by atoms with E-state index in [4.69, 9.17) is 30.9 Å². The van der Waals surface area contributed by atoms with Gasteiger partial charge < -0.3 is 24.4 Å². The minimum absolute atomic E-state index is 0.00378. The number of para-hydroxylation sites is 2. The first-order valence-electron chi connectivity index (χ1n) is 12.5. The van der Waals surface area contributed by atoms with Crippen LogP contribution in [0.2, 0.25) is 5.02 Å². The molecule has 2 amide bonds. The Morgan fingerprint density at radius 2 is 1.89 bits per heavy atom. The maximum atomic E-state index is 13.4. The summed E-state index contributed by atoms with van der Waals surface area (Å²) in [6.07, 6.45) is 1.91. The van der Waals surface area contributed by atoms with Crippen LogP contribution in [0.15, 0.2) is 48.5 Å².